The van der Waals surface area contributed by atoms with Gasteiger partial charge in [-0.3, -0.25) is 5.10 Å². The van der Waals surface area contributed by atoms with Crippen LogP contribution in [0.15, 0.2) is 12.3 Å². The molecule has 3 N–H and O–H groups in total. The summed E-state index contributed by atoms with van der Waals surface area (Å²) in [5, 5.41) is 6.66. The third-order valence-corrected chi connectivity index (χ3v) is 1.36. The minimum absolute atomic E-state index is 0.662. The summed E-state index contributed by atoms with van der Waals surface area (Å²) in [5.74, 6) is 1.01. The van der Waals surface area contributed by atoms with Gasteiger partial charge in [-0.15, -0.1) is 0 Å². The Morgan fingerprint density at radius 2 is 2.60 bits per heavy atom. The zero-order chi connectivity index (χ0) is 7.40. The molecular weight excluding hydrogens is 128 g/mol. The second-order valence-electron chi connectivity index (χ2n) is 2.15. The van der Waals surface area contributed by atoms with Gasteiger partial charge in [-0.05, 0) is 0 Å². The van der Waals surface area contributed by atoms with E-state index < -0.39 is 0 Å². The largest absolute Gasteiger partial charge is 0.359 e. The number of hydrogen-bond acceptors (Lipinski definition) is 3. The zero-order valence-electron chi connectivity index (χ0n) is 6.04. The Hall–Kier alpha value is -1.03. The van der Waals surface area contributed by atoms with E-state index >= 15 is 0 Å². The van der Waals surface area contributed by atoms with Crippen molar-refractivity contribution in [1.29, 1.82) is 0 Å². The average Bonchev–Trinajstić information content (AvgIpc) is 2.38. The van der Waals surface area contributed by atoms with Gasteiger partial charge in [-0.1, -0.05) is 0 Å². The summed E-state index contributed by atoms with van der Waals surface area (Å²) < 4.78 is 0. The Kier molecular flexibility index (Phi) is 2.28. The van der Waals surface area contributed by atoms with Crippen LogP contribution in [0.4, 0.5) is 5.82 Å². The molecule has 0 aliphatic rings. The van der Waals surface area contributed by atoms with E-state index in [4.69, 9.17) is 5.73 Å². The van der Waals surface area contributed by atoms with Crippen molar-refractivity contribution in [2.75, 3.05) is 25.0 Å². The lowest BCUT2D eigenvalue weighted by Crippen LogP contribution is -2.25. The van der Waals surface area contributed by atoms with E-state index in [0.717, 1.165) is 12.4 Å². The van der Waals surface area contributed by atoms with E-state index in [2.05, 4.69) is 10.2 Å². The highest BCUT2D eigenvalue weighted by atomic mass is 15.2. The highest BCUT2D eigenvalue weighted by Gasteiger charge is 1.97. The molecule has 1 aromatic heterocycles. The number of aromatic nitrogens is 2. The van der Waals surface area contributed by atoms with Crippen molar-refractivity contribution in [3.05, 3.63) is 12.3 Å². The molecule has 0 aromatic carbocycles. The first kappa shape index (κ1) is 7.08. The number of aromatic amines is 1. The molecule has 4 heteroatoms. The number of nitrogens with zero attached hydrogens (tertiary/aromatic N) is 2. The monoisotopic (exact) mass is 140 g/mol. The van der Waals surface area contributed by atoms with Gasteiger partial charge < -0.3 is 10.6 Å². The van der Waals surface area contributed by atoms with Crippen molar-refractivity contribution in [2.24, 2.45) is 5.73 Å². The molecule has 0 saturated carbocycles. The summed E-state index contributed by atoms with van der Waals surface area (Å²) in [7, 11) is 1.97. The van der Waals surface area contributed by atoms with Crippen LogP contribution < -0.4 is 10.6 Å². The summed E-state index contributed by atoms with van der Waals surface area (Å²) in [5.41, 5.74) is 5.36. The van der Waals surface area contributed by atoms with Gasteiger partial charge in [0.05, 0.1) is 6.20 Å². The molecule has 4 nitrogen and oxygen atoms in total. The number of likely N-dealkylation sites (N-methyl/N-ethyl adjacent to an activating group) is 1. The van der Waals surface area contributed by atoms with Gasteiger partial charge >= 0.3 is 0 Å². The van der Waals surface area contributed by atoms with Crippen molar-refractivity contribution in [2.45, 2.75) is 0 Å². The molecule has 0 unspecified atom stereocenters. The summed E-state index contributed by atoms with van der Waals surface area (Å²) >= 11 is 0. The van der Waals surface area contributed by atoms with Crippen LogP contribution in [0.3, 0.4) is 0 Å². The number of H-pyrrole nitrogens is 1. The molecule has 1 heterocycles. The molecule has 1 rings (SSSR count). The van der Waals surface area contributed by atoms with E-state index in [0.29, 0.717) is 6.54 Å². The lowest BCUT2D eigenvalue weighted by Gasteiger charge is -2.14. The van der Waals surface area contributed by atoms with Crippen molar-refractivity contribution in [3.8, 4) is 0 Å². The number of nitrogens with two attached hydrogens (primary N) is 1. The zero-order valence-corrected chi connectivity index (χ0v) is 6.04. The van der Waals surface area contributed by atoms with E-state index in [1.165, 1.54) is 0 Å². The minimum Gasteiger partial charge on any atom is -0.359 e. The number of nitrogens with one attached hydrogen (secondary N) is 1. The number of rotatable bonds is 3. The van der Waals surface area contributed by atoms with Crippen LogP contribution in [0, 0.1) is 0 Å². The molecule has 0 aliphatic heterocycles. The molecule has 0 atom stereocenters. The molecule has 0 radical (unpaired) electrons. The Labute approximate surface area is 60.0 Å². The standard InChI is InChI=1S/C6H12N4/c1-10(5-3-7)6-2-4-8-9-6/h2,4H,3,5,7H2,1H3,(H,8,9). The van der Waals surface area contributed by atoms with Gasteiger partial charge in [-0.25, -0.2) is 0 Å². The summed E-state index contributed by atoms with van der Waals surface area (Å²) in [6.45, 7) is 1.51. The molecule has 0 saturated heterocycles. The number of hydrogen-bond donors (Lipinski definition) is 2. The van der Waals surface area contributed by atoms with Crippen LogP contribution in [-0.4, -0.2) is 30.3 Å². The highest BCUT2D eigenvalue weighted by Crippen LogP contribution is 2.03. The van der Waals surface area contributed by atoms with E-state index in [9.17, 15) is 0 Å². The first-order valence-corrected chi connectivity index (χ1v) is 3.25. The van der Waals surface area contributed by atoms with Gasteiger partial charge in [0, 0.05) is 26.2 Å². The van der Waals surface area contributed by atoms with Gasteiger partial charge in [0.1, 0.15) is 5.82 Å². The Morgan fingerprint density at radius 3 is 3.10 bits per heavy atom. The Balaban J connectivity index is 2.50. The molecular formula is C6H12N4. The molecule has 0 bridgehead atoms. The molecule has 0 aliphatic carbocycles. The fraction of sp³-hybridized carbons (Fsp3) is 0.500. The predicted molar refractivity (Wildman–Crippen MR) is 40.9 cm³/mol. The van der Waals surface area contributed by atoms with Crippen LogP contribution in [-0.2, 0) is 0 Å². The fourth-order valence-corrected chi connectivity index (χ4v) is 0.775. The maximum Gasteiger partial charge on any atom is 0.123 e. The lowest BCUT2D eigenvalue weighted by molar-refractivity contribution is 0.862. The average molecular weight is 140 g/mol. The lowest BCUT2D eigenvalue weighted by atomic mass is 10.5. The first-order valence-electron chi connectivity index (χ1n) is 3.25. The smallest absolute Gasteiger partial charge is 0.123 e. The molecule has 0 fully saturated rings. The maximum atomic E-state index is 5.36. The maximum absolute atomic E-state index is 5.36. The van der Waals surface area contributed by atoms with E-state index in [1.54, 1.807) is 6.20 Å². The topological polar surface area (TPSA) is 57.9 Å². The second-order valence-corrected chi connectivity index (χ2v) is 2.15. The normalized spacial score (nSPS) is 9.80. The van der Waals surface area contributed by atoms with E-state index in [-0.39, 0.29) is 0 Å². The molecule has 56 valence electrons. The quantitative estimate of drug-likeness (QED) is 0.611. The van der Waals surface area contributed by atoms with Crippen LogP contribution >= 0.6 is 0 Å². The second kappa shape index (κ2) is 3.22. The van der Waals surface area contributed by atoms with E-state index in [1.807, 2.05) is 18.0 Å². The highest BCUT2D eigenvalue weighted by molar-refractivity contribution is 5.34. The van der Waals surface area contributed by atoms with Gasteiger partial charge in [0.25, 0.3) is 0 Å². The van der Waals surface area contributed by atoms with Crippen molar-refractivity contribution in [3.63, 3.8) is 0 Å². The van der Waals surface area contributed by atoms with Crippen molar-refractivity contribution in [1.82, 2.24) is 10.2 Å². The number of anilines is 1. The Bertz CT molecular complexity index is 170. The molecule has 10 heavy (non-hydrogen) atoms. The third-order valence-electron chi connectivity index (χ3n) is 1.36. The summed E-state index contributed by atoms with van der Waals surface area (Å²) in [4.78, 5) is 2.02. The SMILES string of the molecule is CN(CCN)c1ccn[nH]1. The van der Waals surface area contributed by atoms with Gasteiger partial charge in [0.2, 0.25) is 0 Å². The predicted octanol–water partition coefficient (Wildman–Crippen LogP) is -0.195. The minimum atomic E-state index is 0.662. The van der Waals surface area contributed by atoms with Crippen molar-refractivity contribution >= 4 is 5.82 Å². The van der Waals surface area contributed by atoms with Crippen molar-refractivity contribution < 1.29 is 0 Å². The van der Waals surface area contributed by atoms with Crippen LogP contribution in [0.1, 0.15) is 0 Å². The fourth-order valence-electron chi connectivity index (χ4n) is 0.775. The summed E-state index contributed by atoms with van der Waals surface area (Å²) in [6.07, 6.45) is 1.72. The Morgan fingerprint density at radius 1 is 1.80 bits per heavy atom. The third kappa shape index (κ3) is 1.48. The van der Waals surface area contributed by atoms with Gasteiger partial charge in [0.15, 0.2) is 0 Å². The molecule has 0 spiro atoms. The van der Waals surface area contributed by atoms with Crippen LogP contribution in [0.2, 0.25) is 0 Å². The van der Waals surface area contributed by atoms with Crippen LogP contribution in [0.5, 0.6) is 0 Å². The summed E-state index contributed by atoms with van der Waals surface area (Å²) in [6, 6.07) is 1.91. The molecule has 1 aromatic rings. The first-order chi connectivity index (χ1) is 4.84. The molecule has 0 amide bonds. The van der Waals surface area contributed by atoms with Crippen LogP contribution in [0.25, 0.3) is 0 Å². The van der Waals surface area contributed by atoms with Gasteiger partial charge in [-0.2, -0.15) is 5.10 Å².